The normalized spacial score (nSPS) is 19.2. The molecule has 4 rings (SSSR count). The second-order valence-electron chi connectivity index (χ2n) is 7.34. The van der Waals surface area contributed by atoms with Crippen molar-refractivity contribution >= 4 is 16.8 Å². The molecule has 1 saturated heterocycles. The van der Waals surface area contributed by atoms with E-state index in [4.69, 9.17) is 5.73 Å². The maximum Gasteiger partial charge on any atom is 0.258 e. The van der Waals surface area contributed by atoms with Gasteiger partial charge in [0.25, 0.3) is 5.56 Å². The summed E-state index contributed by atoms with van der Waals surface area (Å²) in [4.78, 5) is 34.1. The highest BCUT2D eigenvalue weighted by molar-refractivity contribution is 5.78. The minimum atomic E-state index is -0.165. The number of hydrogen-bond donors (Lipinski definition) is 2. The number of amides is 1. The first-order valence-corrected chi connectivity index (χ1v) is 9.66. The molecule has 28 heavy (non-hydrogen) atoms. The van der Waals surface area contributed by atoms with E-state index in [2.05, 4.69) is 22.1 Å². The zero-order valence-electron chi connectivity index (χ0n) is 15.7. The Bertz CT molecular complexity index is 1030. The van der Waals surface area contributed by atoms with Crippen LogP contribution in [-0.4, -0.2) is 40.4 Å². The summed E-state index contributed by atoms with van der Waals surface area (Å²) in [5.74, 6) is 1.16. The Hall–Kier alpha value is -2.99. The van der Waals surface area contributed by atoms with Crippen LogP contribution in [0, 0.1) is 5.92 Å². The Labute approximate surface area is 163 Å². The summed E-state index contributed by atoms with van der Waals surface area (Å²) in [6.45, 7) is 1.92. The van der Waals surface area contributed by atoms with E-state index >= 15 is 0 Å². The number of rotatable bonds is 5. The van der Waals surface area contributed by atoms with Crippen molar-refractivity contribution in [3.05, 3.63) is 76.3 Å². The summed E-state index contributed by atoms with van der Waals surface area (Å²) < 4.78 is 0. The standard InChI is InChI=1S/C22H24N4O2/c23-12-16-13-26(14-18(16)15-6-2-1-3-7-15)21(27)11-10-20-24-19-9-5-4-8-17(19)22(28)25-20/h1-9,16,18H,10-14,23H2,(H,24,25,28)/t16-,18+/m1/s1. The topological polar surface area (TPSA) is 92.1 Å². The van der Waals surface area contributed by atoms with Gasteiger partial charge in [0.1, 0.15) is 5.82 Å². The molecule has 0 spiro atoms. The number of aromatic nitrogens is 2. The second-order valence-corrected chi connectivity index (χ2v) is 7.34. The van der Waals surface area contributed by atoms with Crippen molar-refractivity contribution in [2.75, 3.05) is 19.6 Å². The Balaban J connectivity index is 1.44. The third-order valence-electron chi connectivity index (χ3n) is 5.56. The number of nitrogens with two attached hydrogens (primary N) is 1. The molecule has 1 aromatic heterocycles. The third kappa shape index (κ3) is 3.68. The smallest absolute Gasteiger partial charge is 0.258 e. The Kier molecular flexibility index (Phi) is 5.21. The number of aromatic amines is 1. The highest BCUT2D eigenvalue weighted by Crippen LogP contribution is 2.32. The molecule has 2 aromatic carbocycles. The maximum atomic E-state index is 12.8. The summed E-state index contributed by atoms with van der Waals surface area (Å²) >= 11 is 0. The lowest BCUT2D eigenvalue weighted by Crippen LogP contribution is -2.30. The number of nitrogens with one attached hydrogen (secondary N) is 1. The van der Waals surface area contributed by atoms with Crippen molar-refractivity contribution < 1.29 is 4.79 Å². The molecule has 3 aromatic rings. The van der Waals surface area contributed by atoms with Crippen LogP contribution in [0.25, 0.3) is 10.9 Å². The van der Waals surface area contributed by atoms with Gasteiger partial charge in [0.15, 0.2) is 0 Å². The quantitative estimate of drug-likeness (QED) is 0.713. The van der Waals surface area contributed by atoms with E-state index in [1.165, 1.54) is 5.56 Å². The van der Waals surface area contributed by atoms with Gasteiger partial charge in [0, 0.05) is 31.8 Å². The van der Waals surface area contributed by atoms with E-state index in [1.54, 1.807) is 6.07 Å². The van der Waals surface area contributed by atoms with Gasteiger partial charge in [-0.25, -0.2) is 4.98 Å². The number of likely N-dealkylation sites (tertiary alicyclic amines) is 1. The van der Waals surface area contributed by atoms with Crippen molar-refractivity contribution in [3.63, 3.8) is 0 Å². The highest BCUT2D eigenvalue weighted by Gasteiger charge is 2.34. The van der Waals surface area contributed by atoms with Crippen molar-refractivity contribution in [2.45, 2.75) is 18.8 Å². The highest BCUT2D eigenvalue weighted by atomic mass is 16.2. The first-order valence-electron chi connectivity index (χ1n) is 9.66. The van der Waals surface area contributed by atoms with Crippen molar-refractivity contribution in [3.8, 4) is 0 Å². The molecule has 0 aliphatic carbocycles. The number of benzene rings is 2. The van der Waals surface area contributed by atoms with Gasteiger partial charge in [0.05, 0.1) is 10.9 Å². The Morgan fingerprint density at radius 2 is 1.86 bits per heavy atom. The van der Waals surface area contributed by atoms with Crippen molar-refractivity contribution in [1.29, 1.82) is 0 Å². The Morgan fingerprint density at radius 1 is 1.11 bits per heavy atom. The van der Waals surface area contributed by atoms with Gasteiger partial charge in [0.2, 0.25) is 5.91 Å². The van der Waals surface area contributed by atoms with Crippen LogP contribution in [-0.2, 0) is 11.2 Å². The van der Waals surface area contributed by atoms with Crippen LogP contribution in [0.5, 0.6) is 0 Å². The number of hydrogen-bond acceptors (Lipinski definition) is 4. The van der Waals surface area contributed by atoms with E-state index in [0.29, 0.717) is 49.2 Å². The van der Waals surface area contributed by atoms with E-state index in [9.17, 15) is 9.59 Å². The molecule has 0 radical (unpaired) electrons. The molecule has 0 bridgehead atoms. The third-order valence-corrected chi connectivity index (χ3v) is 5.56. The molecular formula is C22H24N4O2. The molecular weight excluding hydrogens is 352 g/mol. The first-order chi connectivity index (χ1) is 13.7. The average molecular weight is 376 g/mol. The van der Waals surface area contributed by atoms with Crippen LogP contribution < -0.4 is 11.3 Å². The summed E-state index contributed by atoms with van der Waals surface area (Å²) in [5, 5.41) is 0.564. The van der Waals surface area contributed by atoms with E-state index in [-0.39, 0.29) is 23.3 Å². The molecule has 144 valence electrons. The summed E-state index contributed by atoms with van der Waals surface area (Å²) in [7, 11) is 0. The summed E-state index contributed by atoms with van der Waals surface area (Å²) in [5.41, 5.74) is 7.69. The molecule has 2 heterocycles. The molecule has 1 fully saturated rings. The summed E-state index contributed by atoms with van der Waals surface area (Å²) in [6.07, 6.45) is 0.735. The largest absolute Gasteiger partial charge is 0.342 e. The number of H-pyrrole nitrogens is 1. The van der Waals surface area contributed by atoms with Gasteiger partial charge < -0.3 is 15.6 Å². The lowest BCUT2D eigenvalue weighted by molar-refractivity contribution is -0.130. The number of fused-ring (bicyclic) bond motifs is 1. The molecule has 0 saturated carbocycles. The van der Waals surface area contributed by atoms with Gasteiger partial charge in [-0.3, -0.25) is 9.59 Å². The average Bonchev–Trinajstić information content (AvgIpc) is 3.17. The molecule has 1 amide bonds. The molecule has 3 N–H and O–H groups in total. The van der Waals surface area contributed by atoms with Crippen LogP contribution in [0.15, 0.2) is 59.4 Å². The van der Waals surface area contributed by atoms with Crippen LogP contribution in [0.2, 0.25) is 0 Å². The van der Waals surface area contributed by atoms with Crippen LogP contribution in [0.4, 0.5) is 0 Å². The monoisotopic (exact) mass is 376 g/mol. The second kappa shape index (κ2) is 7.94. The van der Waals surface area contributed by atoms with Gasteiger partial charge >= 0.3 is 0 Å². The van der Waals surface area contributed by atoms with Crippen molar-refractivity contribution in [2.24, 2.45) is 11.7 Å². The molecule has 0 unspecified atom stereocenters. The fraction of sp³-hybridized carbons (Fsp3) is 0.318. The van der Waals surface area contributed by atoms with Gasteiger partial charge in [-0.2, -0.15) is 0 Å². The van der Waals surface area contributed by atoms with Gasteiger partial charge in [-0.15, -0.1) is 0 Å². The number of aryl methyl sites for hydroxylation is 1. The maximum absolute atomic E-state index is 12.8. The zero-order chi connectivity index (χ0) is 19.5. The lowest BCUT2D eigenvalue weighted by atomic mass is 9.89. The van der Waals surface area contributed by atoms with Gasteiger partial charge in [-0.05, 0) is 30.2 Å². The van der Waals surface area contributed by atoms with E-state index in [0.717, 1.165) is 0 Å². The van der Waals surface area contributed by atoms with Crippen LogP contribution >= 0.6 is 0 Å². The lowest BCUT2D eigenvalue weighted by Gasteiger charge is -2.17. The number of nitrogens with zero attached hydrogens (tertiary/aromatic N) is 2. The minimum Gasteiger partial charge on any atom is -0.342 e. The van der Waals surface area contributed by atoms with Crippen LogP contribution in [0.3, 0.4) is 0 Å². The number of carbonyl (C=O) groups is 1. The number of para-hydroxylation sites is 1. The fourth-order valence-electron chi connectivity index (χ4n) is 4.03. The fourth-order valence-corrected chi connectivity index (χ4v) is 4.03. The molecule has 6 nitrogen and oxygen atoms in total. The molecule has 1 aliphatic rings. The summed E-state index contributed by atoms with van der Waals surface area (Å²) in [6, 6.07) is 17.5. The zero-order valence-corrected chi connectivity index (χ0v) is 15.7. The number of carbonyl (C=O) groups excluding carboxylic acids is 1. The molecule has 2 atom stereocenters. The SMILES string of the molecule is NC[C@@H]1CN(C(=O)CCc2nc3ccccc3c(=O)[nH]2)C[C@H]1c1ccccc1. The van der Waals surface area contributed by atoms with Crippen molar-refractivity contribution in [1.82, 2.24) is 14.9 Å². The predicted octanol–water partition coefficient (Wildman–Crippen LogP) is 2.06. The Morgan fingerprint density at radius 3 is 2.64 bits per heavy atom. The first kappa shape index (κ1) is 18.4. The molecule has 1 aliphatic heterocycles. The van der Waals surface area contributed by atoms with E-state index in [1.807, 2.05) is 41.3 Å². The van der Waals surface area contributed by atoms with Crippen LogP contribution in [0.1, 0.15) is 23.7 Å². The predicted molar refractivity (Wildman–Crippen MR) is 109 cm³/mol. The molecule has 6 heteroatoms. The van der Waals surface area contributed by atoms with E-state index < -0.39 is 0 Å². The minimum absolute atomic E-state index is 0.0766. The van der Waals surface area contributed by atoms with Gasteiger partial charge in [-0.1, -0.05) is 42.5 Å².